The molecule has 0 fully saturated rings. The Kier molecular flexibility index (Phi) is 4.29. The topological polar surface area (TPSA) is 83.9 Å². The molecular weight excluding hydrogens is 330 g/mol. The van der Waals surface area contributed by atoms with Gasteiger partial charge < -0.3 is 9.84 Å². The molecule has 0 spiro atoms. The second kappa shape index (κ2) is 6.26. The maximum Gasteiger partial charge on any atom is 0.322 e. The van der Waals surface area contributed by atoms with E-state index in [1.807, 2.05) is 24.3 Å². The number of nitrogens with zero attached hydrogens (tertiary/aromatic N) is 1. The summed E-state index contributed by atoms with van der Waals surface area (Å²) >= 11 is 0. The van der Waals surface area contributed by atoms with Crippen LogP contribution in [0.2, 0.25) is 0 Å². The molecule has 0 aromatic heterocycles. The van der Waals surface area contributed by atoms with Crippen molar-refractivity contribution < 1.29 is 23.1 Å². The van der Waals surface area contributed by atoms with Crippen molar-refractivity contribution in [1.82, 2.24) is 4.31 Å². The minimum absolute atomic E-state index is 0.0432. The molecule has 126 valence electrons. The van der Waals surface area contributed by atoms with Crippen LogP contribution in [-0.2, 0) is 27.8 Å². The van der Waals surface area contributed by atoms with Gasteiger partial charge in [0.2, 0.25) is 10.0 Å². The molecule has 2 aromatic carbocycles. The van der Waals surface area contributed by atoms with Crippen LogP contribution in [0.15, 0.2) is 53.4 Å². The van der Waals surface area contributed by atoms with Gasteiger partial charge in [0.1, 0.15) is 11.8 Å². The Morgan fingerprint density at radius 3 is 2.33 bits per heavy atom. The molecule has 0 saturated carbocycles. The summed E-state index contributed by atoms with van der Waals surface area (Å²) in [6, 6.07) is 12.1. The quantitative estimate of drug-likeness (QED) is 0.913. The minimum Gasteiger partial charge on any atom is -0.497 e. The molecule has 6 nitrogen and oxygen atoms in total. The van der Waals surface area contributed by atoms with E-state index in [1.54, 1.807) is 12.1 Å². The van der Waals surface area contributed by atoms with Gasteiger partial charge in [-0.15, -0.1) is 0 Å². The molecule has 0 aliphatic carbocycles. The number of rotatable bonds is 4. The zero-order valence-electron chi connectivity index (χ0n) is 13.0. The lowest BCUT2D eigenvalue weighted by Crippen LogP contribution is -2.48. The first-order valence-electron chi connectivity index (χ1n) is 7.39. The normalized spacial score (nSPS) is 18.0. The summed E-state index contributed by atoms with van der Waals surface area (Å²) in [5.41, 5.74) is 1.69. The van der Waals surface area contributed by atoms with Crippen molar-refractivity contribution in [3.8, 4) is 5.75 Å². The van der Waals surface area contributed by atoms with Crippen LogP contribution in [0.1, 0.15) is 11.1 Å². The van der Waals surface area contributed by atoms with E-state index in [4.69, 9.17) is 4.74 Å². The number of carbonyl (C=O) groups is 1. The molecule has 0 saturated heterocycles. The van der Waals surface area contributed by atoms with Crippen LogP contribution in [0.3, 0.4) is 0 Å². The highest BCUT2D eigenvalue weighted by Crippen LogP contribution is 2.29. The van der Waals surface area contributed by atoms with Gasteiger partial charge in [-0.25, -0.2) is 8.42 Å². The number of fused-ring (bicyclic) bond motifs is 1. The molecule has 0 amide bonds. The summed E-state index contributed by atoms with van der Waals surface area (Å²) in [4.78, 5) is 11.7. The Morgan fingerprint density at radius 1 is 1.12 bits per heavy atom. The van der Waals surface area contributed by atoms with Crippen LogP contribution in [0.4, 0.5) is 0 Å². The van der Waals surface area contributed by atoms with Crippen LogP contribution in [0.5, 0.6) is 5.75 Å². The molecule has 2 aromatic rings. The van der Waals surface area contributed by atoms with E-state index in [-0.39, 0.29) is 17.9 Å². The Bertz CT molecular complexity index is 861. The molecule has 0 bridgehead atoms. The van der Waals surface area contributed by atoms with Crippen molar-refractivity contribution in [3.05, 3.63) is 59.7 Å². The van der Waals surface area contributed by atoms with Crippen molar-refractivity contribution >= 4 is 16.0 Å². The predicted molar refractivity (Wildman–Crippen MR) is 87.3 cm³/mol. The van der Waals surface area contributed by atoms with Crippen molar-refractivity contribution in [2.24, 2.45) is 0 Å². The van der Waals surface area contributed by atoms with Gasteiger partial charge in [0.05, 0.1) is 12.0 Å². The largest absolute Gasteiger partial charge is 0.497 e. The summed E-state index contributed by atoms with van der Waals surface area (Å²) in [5.74, 6) is -0.616. The van der Waals surface area contributed by atoms with Crippen LogP contribution >= 0.6 is 0 Å². The molecule has 1 heterocycles. The van der Waals surface area contributed by atoms with Gasteiger partial charge in [-0.3, -0.25) is 4.79 Å². The first-order valence-corrected chi connectivity index (χ1v) is 8.83. The fourth-order valence-electron chi connectivity index (χ4n) is 2.85. The van der Waals surface area contributed by atoms with Crippen molar-refractivity contribution in [2.75, 3.05) is 7.11 Å². The Morgan fingerprint density at radius 2 is 1.75 bits per heavy atom. The molecular formula is C17H17NO5S. The summed E-state index contributed by atoms with van der Waals surface area (Å²) in [6.45, 7) is 0.0432. The second-order valence-corrected chi connectivity index (χ2v) is 7.44. The maximum atomic E-state index is 12.9. The molecule has 1 atom stereocenters. The Hall–Kier alpha value is -2.38. The van der Waals surface area contributed by atoms with E-state index >= 15 is 0 Å². The van der Waals surface area contributed by atoms with Gasteiger partial charge in [0.15, 0.2) is 0 Å². The first kappa shape index (κ1) is 16.5. The van der Waals surface area contributed by atoms with Gasteiger partial charge in [0.25, 0.3) is 0 Å². The number of methoxy groups -OCH3 is 1. The summed E-state index contributed by atoms with van der Waals surface area (Å²) in [7, 11) is -2.44. The highest BCUT2D eigenvalue weighted by molar-refractivity contribution is 7.89. The fraction of sp³-hybridized carbons (Fsp3) is 0.235. The number of benzene rings is 2. The first-order chi connectivity index (χ1) is 11.4. The smallest absolute Gasteiger partial charge is 0.322 e. The number of ether oxygens (including phenoxy) is 1. The third-order valence-electron chi connectivity index (χ3n) is 4.16. The standard InChI is InChI=1S/C17H17NO5S/c1-23-14-6-8-15(9-7-14)24(21,22)18-11-13-5-3-2-4-12(13)10-16(18)17(19)20/h2-9,16H,10-11H2,1H3,(H,19,20)/t16-/m0/s1. The van der Waals surface area contributed by atoms with Gasteiger partial charge in [0, 0.05) is 13.0 Å². The Balaban J connectivity index is 2.02. The van der Waals surface area contributed by atoms with Gasteiger partial charge in [-0.1, -0.05) is 24.3 Å². The molecule has 1 aliphatic rings. The molecule has 0 unspecified atom stereocenters. The average Bonchev–Trinajstić information content (AvgIpc) is 2.60. The van der Waals surface area contributed by atoms with Crippen molar-refractivity contribution in [3.63, 3.8) is 0 Å². The van der Waals surface area contributed by atoms with Crippen molar-refractivity contribution in [1.29, 1.82) is 0 Å². The number of hydrogen-bond donors (Lipinski definition) is 1. The monoisotopic (exact) mass is 347 g/mol. The lowest BCUT2D eigenvalue weighted by atomic mass is 9.96. The minimum atomic E-state index is -3.93. The lowest BCUT2D eigenvalue weighted by molar-refractivity contribution is -0.141. The van der Waals surface area contributed by atoms with Crippen LogP contribution in [0, 0.1) is 0 Å². The maximum absolute atomic E-state index is 12.9. The molecule has 3 rings (SSSR count). The summed E-state index contributed by atoms with van der Waals surface area (Å²) < 4.78 is 32.0. The van der Waals surface area contributed by atoms with Crippen LogP contribution in [0.25, 0.3) is 0 Å². The number of aliphatic carboxylic acids is 1. The molecule has 24 heavy (non-hydrogen) atoms. The van der Waals surface area contributed by atoms with Gasteiger partial charge in [-0.2, -0.15) is 4.31 Å². The van der Waals surface area contributed by atoms with E-state index in [9.17, 15) is 18.3 Å². The molecule has 1 aliphatic heterocycles. The highest BCUT2D eigenvalue weighted by atomic mass is 32.2. The number of sulfonamides is 1. The molecule has 7 heteroatoms. The van der Waals surface area contributed by atoms with Crippen molar-refractivity contribution in [2.45, 2.75) is 23.9 Å². The van der Waals surface area contributed by atoms with E-state index < -0.39 is 22.0 Å². The van der Waals surface area contributed by atoms with Gasteiger partial charge in [-0.05, 0) is 35.4 Å². The van der Waals surface area contributed by atoms with Crippen LogP contribution < -0.4 is 4.74 Å². The van der Waals surface area contributed by atoms with Gasteiger partial charge >= 0.3 is 5.97 Å². The zero-order valence-corrected chi connectivity index (χ0v) is 13.9. The number of carboxylic acids is 1. The fourth-order valence-corrected chi connectivity index (χ4v) is 4.40. The lowest BCUT2D eigenvalue weighted by Gasteiger charge is -2.33. The molecule has 1 N–H and O–H groups in total. The van der Waals surface area contributed by atoms with E-state index in [0.717, 1.165) is 15.4 Å². The number of hydrogen-bond acceptors (Lipinski definition) is 4. The summed E-state index contributed by atoms with van der Waals surface area (Å²) in [6.07, 6.45) is 0.154. The van der Waals surface area contributed by atoms with E-state index in [2.05, 4.69) is 0 Å². The summed E-state index contributed by atoms with van der Waals surface area (Å²) in [5, 5.41) is 9.50. The third kappa shape index (κ3) is 2.88. The number of carboxylic acid groups (broad SMARTS) is 1. The predicted octanol–water partition coefficient (Wildman–Crippen LogP) is 1.90. The zero-order chi connectivity index (χ0) is 17.3. The third-order valence-corrected chi connectivity index (χ3v) is 6.03. The highest BCUT2D eigenvalue weighted by Gasteiger charge is 2.39. The molecule has 0 radical (unpaired) electrons. The van der Waals surface area contributed by atoms with E-state index in [1.165, 1.54) is 19.2 Å². The van der Waals surface area contributed by atoms with Crippen LogP contribution in [-0.4, -0.2) is 37.0 Å². The second-order valence-electron chi connectivity index (χ2n) is 5.55. The Labute approximate surface area is 140 Å². The van der Waals surface area contributed by atoms with E-state index in [0.29, 0.717) is 5.75 Å². The SMILES string of the molecule is COc1ccc(S(=O)(=O)N2Cc3ccccc3C[C@H]2C(=O)O)cc1. The average molecular weight is 347 g/mol.